The second-order valence-corrected chi connectivity index (χ2v) is 17.3. The highest BCUT2D eigenvalue weighted by Gasteiger charge is 2.51. The Bertz CT molecular complexity index is 1250. The Labute approximate surface area is 245 Å². The summed E-state index contributed by atoms with van der Waals surface area (Å²) in [6.45, 7) is 9.05. The number of rotatable bonds is 6. The van der Waals surface area contributed by atoms with Crippen molar-refractivity contribution < 1.29 is 22.7 Å². The Morgan fingerprint density at radius 2 is 1.51 bits per heavy atom. The van der Waals surface area contributed by atoms with Crippen molar-refractivity contribution in [3.8, 4) is 0 Å². The number of hydrogen-bond donors (Lipinski definition) is 1. The van der Waals surface area contributed by atoms with Gasteiger partial charge in [-0.05, 0) is 97.5 Å². The summed E-state index contributed by atoms with van der Waals surface area (Å²) in [5.74, 6) is 0.615. The van der Waals surface area contributed by atoms with E-state index in [0.717, 1.165) is 87.6 Å². The van der Waals surface area contributed by atoms with Gasteiger partial charge in [0.2, 0.25) is 9.04 Å². The molecule has 0 bridgehead atoms. The van der Waals surface area contributed by atoms with Crippen LogP contribution in [0.25, 0.3) is 0 Å². The van der Waals surface area contributed by atoms with Gasteiger partial charge in [-0.3, -0.25) is 4.98 Å². The summed E-state index contributed by atoms with van der Waals surface area (Å²) in [6.07, 6.45) is 7.91. The molecule has 0 aliphatic heterocycles. The number of aliphatic hydroxyl groups excluding tert-OH is 1. The largest absolute Gasteiger partial charge is 0.416 e. The van der Waals surface area contributed by atoms with Gasteiger partial charge in [-0.1, -0.05) is 58.6 Å². The standard InChI is InChI=1S/C34H45F3NO2Si/c1-32(2,3)41(4)40-26-20-33(17-18-33)19-25-28(26)27(21-9-5-6-10-21)29(30(38-25)22-11-7-8-12-22)31(39)23-13-15-24(16-14-23)34(35,36)37/h13-16,21-22,26,31,39H,5-12,17-20H2,1-4H3/t26-,31-/m0/s1. The Kier molecular flexibility index (Phi) is 7.72. The Hall–Kier alpha value is -1.70. The van der Waals surface area contributed by atoms with Crippen molar-refractivity contribution in [1.29, 1.82) is 0 Å². The molecule has 0 unspecified atom stereocenters. The topological polar surface area (TPSA) is 42.4 Å². The van der Waals surface area contributed by atoms with E-state index in [4.69, 9.17) is 9.41 Å². The summed E-state index contributed by atoms with van der Waals surface area (Å²) in [6, 6.07) is 5.13. The second kappa shape index (κ2) is 10.8. The maximum absolute atomic E-state index is 13.4. The van der Waals surface area contributed by atoms with Gasteiger partial charge in [-0.2, -0.15) is 13.2 Å². The molecule has 0 amide bonds. The molecule has 223 valence electrons. The minimum Gasteiger partial charge on any atom is -0.409 e. The van der Waals surface area contributed by atoms with Crippen LogP contribution >= 0.6 is 0 Å². The number of halogens is 3. The summed E-state index contributed by atoms with van der Waals surface area (Å²) >= 11 is 0. The highest BCUT2D eigenvalue weighted by Crippen LogP contribution is 2.61. The van der Waals surface area contributed by atoms with E-state index in [1.807, 2.05) is 0 Å². The van der Waals surface area contributed by atoms with E-state index in [0.29, 0.717) is 11.5 Å². The summed E-state index contributed by atoms with van der Waals surface area (Å²) in [5.41, 5.74) is 5.68. The van der Waals surface area contributed by atoms with Crippen molar-refractivity contribution in [3.63, 3.8) is 0 Å². The molecule has 3 fully saturated rings. The highest BCUT2D eigenvalue weighted by molar-refractivity contribution is 6.53. The quantitative estimate of drug-likeness (QED) is 0.344. The van der Waals surface area contributed by atoms with Crippen LogP contribution in [0, 0.1) is 5.41 Å². The summed E-state index contributed by atoms with van der Waals surface area (Å²) in [7, 11) is -1.13. The van der Waals surface area contributed by atoms with Crippen LogP contribution in [0.1, 0.15) is 155 Å². The number of alkyl halides is 3. The van der Waals surface area contributed by atoms with Crippen LogP contribution in [-0.2, 0) is 17.0 Å². The van der Waals surface area contributed by atoms with Crippen molar-refractivity contribution in [2.45, 2.75) is 140 Å². The molecule has 1 aromatic carbocycles. The van der Waals surface area contributed by atoms with Crippen LogP contribution in [0.4, 0.5) is 13.2 Å². The molecule has 6 rings (SSSR count). The molecular weight excluding hydrogens is 539 g/mol. The van der Waals surface area contributed by atoms with E-state index >= 15 is 0 Å². The van der Waals surface area contributed by atoms with Crippen LogP contribution in [0.5, 0.6) is 0 Å². The van der Waals surface area contributed by atoms with Gasteiger partial charge in [-0.25, -0.2) is 0 Å². The number of nitrogens with zero attached hydrogens (tertiary/aromatic N) is 1. The summed E-state index contributed by atoms with van der Waals surface area (Å²) in [4.78, 5) is 5.48. The number of pyridine rings is 1. The van der Waals surface area contributed by atoms with Crippen LogP contribution in [0.3, 0.4) is 0 Å². The zero-order valence-electron chi connectivity index (χ0n) is 25.0. The van der Waals surface area contributed by atoms with E-state index in [1.54, 1.807) is 0 Å². The molecule has 1 spiro atoms. The van der Waals surface area contributed by atoms with E-state index < -0.39 is 26.9 Å². The van der Waals surface area contributed by atoms with Gasteiger partial charge in [0.25, 0.3) is 0 Å². The van der Waals surface area contributed by atoms with Crippen molar-refractivity contribution in [3.05, 3.63) is 63.5 Å². The van der Waals surface area contributed by atoms with E-state index in [1.165, 1.54) is 41.8 Å². The van der Waals surface area contributed by atoms with Gasteiger partial charge in [0, 0.05) is 22.7 Å². The van der Waals surface area contributed by atoms with Crippen LogP contribution < -0.4 is 0 Å². The Balaban J connectivity index is 1.54. The van der Waals surface area contributed by atoms with Crippen LogP contribution in [0.15, 0.2) is 24.3 Å². The fraction of sp³-hybridized carbons (Fsp3) is 0.676. The first-order chi connectivity index (χ1) is 19.4. The zero-order chi connectivity index (χ0) is 29.2. The second-order valence-electron chi connectivity index (χ2n) is 14.5. The lowest BCUT2D eigenvalue weighted by Crippen LogP contribution is -2.34. The molecule has 3 saturated carbocycles. The van der Waals surface area contributed by atoms with Gasteiger partial charge < -0.3 is 9.53 Å². The number of benzene rings is 1. The van der Waals surface area contributed by atoms with Crippen molar-refractivity contribution in [2.24, 2.45) is 5.41 Å². The summed E-state index contributed by atoms with van der Waals surface area (Å²) < 4.78 is 47.2. The SMILES string of the molecule is C[Si](O[C@H]1CC2(CC2)Cc2nc(C3CCCC3)c([C@@H](O)c3ccc(C(F)(F)F)cc3)c(C3CCCC3)c21)C(C)(C)C. The lowest BCUT2D eigenvalue weighted by Gasteiger charge is -2.40. The molecule has 1 radical (unpaired) electrons. The number of aromatic nitrogens is 1. The molecule has 1 heterocycles. The first-order valence-electron chi connectivity index (χ1n) is 15.8. The first-order valence-corrected chi connectivity index (χ1v) is 17.7. The molecule has 3 nitrogen and oxygen atoms in total. The van der Waals surface area contributed by atoms with Crippen LogP contribution in [-0.4, -0.2) is 19.1 Å². The average Bonchev–Trinajstić information content (AvgIpc) is 3.32. The average molecular weight is 585 g/mol. The van der Waals surface area contributed by atoms with E-state index in [-0.39, 0.29) is 22.5 Å². The minimum absolute atomic E-state index is 0.0290. The smallest absolute Gasteiger partial charge is 0.409 e. The molecule has 4 aliphatic rings. The molecule has 7 heteroatoms. The van der Waals surface area contributed by atoms with Crippen molar-refractivity contribution in [1.82, 2.24) is 4.98 Å². The molecule has 1 N–H and O–H groups in total. The maximum Gasteiger partial charge on any atom is 0.416 e. The highest BCUT2D eigenvalue weighted by atomic mass is 28.3. The number of fused-ring (bicyclic) bond motifs is 1. The Morgan fingerprint density at radius 3 is 2.05 bits per heavy atom. The van der Waals surface area contributed by atoms with Crippen molar-refractivity contribution in [2.75, 3.05) is 0 Å². The maximum atomic E-state index is 13.4. The lowest BCUT2D eigenvalue weighted by atomic mass is 9.74. The van der Waals surface area contributed by atoms with E-state index in [2.05, 4.69) is 27.3 Å². The third kappa shape index (κ3) is 5.80. The monoisotopic (exact) mass is 584 g/mol. The molecule has 0 saturated heterocycles. The van der Waals surface area contributed by atoms with Crippen molar-refractivity contribution >= 4 is 9.04 Å². The van der Waals surface area contributed by atoms with E-state index in [9.17, 15) is 18.3 Å². The predicted molar refractivity (Wildman–Crippen MR) is 157 cm³/mol. The normalized spacial score (nSPS) is 23.9. The number of aliphatic hydroxyl groups is 1. The predicted octanol–water partition coefficient (Wildman–Crippen LogP) is 9.70. The van der Waals surface area contributed by atoms with Gasteiger partial charge in [0.15, 0.2) is 0 Å². The molecular formula is C34H45F3NO2Si. The molecule has 41 heavy (non-hydrogen) atoms. The molecule has 2 aromatic rings. The fourth-order valence-electron chi connectivity index (χ4n) is 7.64. The van der Waals surface area contributed by atoms with Gasteiger partial charge in [0.05, 0.1) is 17.4 Å². The molecule has 2 atom stereocenters. The minimum atomic E-state index is -4.41. The zero-order valence-corrected chi connectivity index (χ0v) is 26.0. The van der Waals surface area contributed by atoms with Crippen LogP contribution in [0.2, 0.25) is 11.6 Å². The fourth-order valence-corrected chi connectivity index (χ4v) is 8.62. The lowest BCUT2D eigenvalue weighted by molar-refractivity contribution is -0.137. The van der Waals surface area contributed by atoms with Gasteiger partial charge in [0.1, 0.15) is 6.10 Å². The third-order valence-corrected chi connectivity index (χ3v) is 13.3. The van der Waals surface area contributed by atoms with Gasteiger partial charge in [-0.15, -0.1) is 0 Å². The summed E-state index contributed by atoms with van der Waals surface area (Å²) in [5, 5.41) is 12.2. The number of hydrogen-bond acceptors (Lipinski definition) is 3. The molecule has 1 aromatic heterocycles. The third-order valence-electron chi connectivity index (χ3n) is 10.6. The molecule has 4 aliphatic carbocycles. The van der Waals surface area contributed by atoms with Gasteiger partial charge >= 0.3 is 6.18 Å². The Morgan fingerprint density at radius 1 is 0.927 bits per heavy atom. The first kappa shape index (κ1) is 29.4.